The second-order valence-electron chi connectivity index (χ2n) is 6.65. The molecule has 0 unspecified atom stereocenters. The maximum absolute atomic E-state index is 12.9. The van der Waals surface area contributed by atoms with Gasteiger partial charge in [0.2, 0.25) is 5.91 Å². The first-order chi connectivity index (χ1) is 11.7. The van der Waals surface area contributed by atoms with Gasteiger partial charge >= 0.3 is 0 Å². The SMILES string of the molecule is CCOc1cccc(CN2C[C@@H](OC)C[C@H]2C(=O)N2CCCC2)c1. The molecule has 2 fully saturated rings. The zero-order valence-corrected chi connectivity index (χ0v) is 14.7. The molecule has 2 atom stereocenters. The molecule has 0 aromatic heterocycles. The third-order valence-electron chi connectivity index (χ3n) is 5.00. The van der Waals surface area contributed by atoms with Crippen LogP contribution >= 0.6 is 0 Å². The average Bonchev–Trinajstić information content (AvgIpc) is 3.25. The van der Waals surface area contributed by atoms with Crippen molar-refractivity contribution in [3.8, 4) is 5.75 Å². The topological polar surface area (TPSA) is 42.0 Å². The largest absolute Gasteiger partial charge is 0.494 e. The van der Waals surface area contributed by atoms with Crippen LogP contribution in [0.1, 0.15) is 31.7 Å². The maximum atomic E-state index is 12.9. The Bertz CT molecular complexity index is 557. The molecule has 24 heavy (non-hydrogen) atoms. The van der Waals surface area contributed by atoms with Crippen molar-refractivity contribution >= 4 is 5.91 Å². The van der Waals surface area contributed by atoms with E-state index in [2.05, 4.69) is 17.0 Å². The predicted octanol–water partition coefficient (Wildman–Crippen LogP) is 2.30. The number of carbonyl (C=O) groups excluding carboxylic acids is 1. The Balaban J connectivity index is 1.71. The van der Waals surface area contributed by atoms with Gasteiger partial charge < -0.3 is 14.4 Å². The second kappa shape index (κ2) is 7.99. The van der Waals surface area contributed by atoms with Gasteiger partial charge in [-0.25, -0.2) is 0 Å². The highest BCUT2D eigenvalue weighted by molar-refractivity contribution is 5.82. The normalized spacial score (nSPS) is 24.5. The minimum atomic E-state index is -0.0659. The Labute approximate surface area is 144 Å². The minimum Gasteiger partial charge on any atom is -0.494 e. The van der Waals surface area contributed by atoms with E-state index in [0.717, 1.165) is 51.2 Å². The fourth-order valence-corrected chi connectivity index (χ4v) is 3.75. The summed E-state index contributed by atoms with van der Waals surface area (Å²) >= 11 is 0. The van der Waals surface area contributed by atoms with Crippen molar-refractivity contribution in [2.45, 2.75) is 44.9 Å². The van der Waals surface area contributed by atoms with Gasteiger partial charge in [0, 0.05) is 33.3 Å². The van der Waals surface area contributed by atoms with Crippen LogP contribution in [0.25, 0.3) is 0 Å². The summed E-state index contributed by atoms with van der Waals surface area (Å²) in [5.74, 6) is 1.16. The molecule has 0 radical (unpaired) electrons. The van der Waals surface area contributed by atoms with Crippen molar-refractivity contribution in [3.63, 3.8) is 0 Å². The van der Waals surface area contributed by atoms with Crippen molar-refractivity contribution in [2.24, 2.45) is 0 Å². The summed E-state index contributed by atoms with van der Waals surface area (Å²) in [6.45, 7) is 6.02. The van der Waals surface area contributed by atoms with Gasteiger partial charge in [-0.3, -0.25) is 9.69 Å². The number of hydrogen-bond acceptors (Lipinski definition) is 4. The summed E-state index contributed by atoms with van der Waals surface area (Å²) in [5, 5.41) is 0. The molecule has 0 bridgehead atoms. The lowest BCUT2D eigenvalue weighted by atomic mass is 10.1. The molecule has 0 saturated carbocycles. The third kappa shape index (κ3) is 3.90. The fraction of sp³-hybridized carbons (Fsp3) is 0.632. The predicted molar refractivity (Wildman–Crippen MR) is 93.0 cm³/mol. The van der Waals surface area contributed by atoms with Crippen LogP contribution in [0.5, 0.6) is 5.75 Å². The van der Waals surface area contributed by atoms with E-state index < -0.39 is 0 Å². The lowest BCUT2D eigenvalue weighted by Gasteiger charge is -2.27. The molecule has 2 aliphatic heterocycles. The Morgan fingerprint density at radius 2 is 2.08 bits per heavy atom. The molecule has 5 heteroatoms. The Kier molecular flexibility index (Phi) is 5.74. The van der Waals surface area contributed by atoms with E-state index in [0.29, 0.717) is 6.61 Å². The van der Waals surface area contributed by atoms with Crippen LogP contribution in [-0.2, 0) is 16.1 Å². The molecular weight excluding hydrogens is 304 g/mol. The molecule has 1 amide bonds. The molecule has 2 aliphatic rings. The fourth-order valence-electron chi connectivity index (χ4n) is 3.75. The van der Waals surface area contributed by atoms with Gasteiger partial charge in [0.05, 0.1) is 18.8 Å². The standard InChI is InChI=1S/C19H28N2O3/c1-3-24-16-8-6-7-15(11-16)13-21-14-17(23-2)12-18(21)19(22)20-9-4-5-10-20/h6-8,11,17-18H,3-5,9-10,12-14H2,1-2H3/t17-,18-/m0/s1. The molecule has 3 rings (SSSR count). The number of amides is 1. The molecular formula is C19H28N2O3. The van der Waals surface area contributed by atoms with Crippen molar-refractivity contribution < 1.29 is 14.3 Å². The van der Waals surface area contributed by atoms with Gasteiger partial charge in [-0.05, 0) is 43.9 Å². The van der Waals surface area contributed by atoms with E-state index in [4.69, 9.17) is 9.47 Å². The van der Waals surface area contributed by atoms with Gasteiger partial charge in [-0.1, -0.05) is 12.1 Å². The van der Waals surface area contributed by atoms with E-state index >= 15 is 0 Å². The number of carbonyl (C=O) groups is 1. The Hall–Kier alpha value is -1.59. The van der Waals surface area contributed by atoms with E-state index in [1.807, 2.05) is 24.0 Å². The summed E-state index contributed by atoms with van der Waals surface area (Å²) in [4.78, 5) is 17.2. The van der Waals surface area contributed by atoms with Gasteiger partial charge in [0.25, 0.3) is 0 Å². The monoisotopic (exact) mass is 332 g/mol. The maximum Gasteiger partial charge on any atom is 0.240 e. The van der Waals surface area contributed by atoms with Crippen molar-refractivity contribution in [3.05, 3.63) is 29.8 Å². The van der Waals surface area contributed by atoms with Crippen LogP contribution < -0.4 is 4.74 Å². The molecule has 0 N–H and O–H groups in total. The molecule has 2 heterocycles. The van der Waals surface area contributed by atoms with E-state index in [9.17, 15) is 4.79 Å². The first-order valence-electron chi connectivity index (χ1n) is 8.98. The van der Waals surface area contributed by atoms with Crippen molar-refractivity contribution in [1.29, 1.82) is 0 Å². The molecule has 0 aliphatic carbocycles. The number of ether oxygens (including phenoxy) is 2. The lowest BCUT2D eigenvalue weighted by molar-refractivity contribution is -0.135. The highest BCUT2D eigenvalue weighted by atomic mass is 16.5. The first kappa shape index (κ1) is 17.2. The summed E-state index contributed by atoms with van der Waals surface area (Å²) in [5.41, 5.74) is 1.18. The van der Waals surface area contributed by atoms with Gasteiger partial charge in [-0.2, -0.15) is 0 Å². The summed E-state index contributed by atoms with van der Waals surface area (Å²) < 4.78 is 11.1. The third-order valence-corrected chi connectivity index (χ3v) is 5.00. The Morgan fingerprint density at radius 1 is 1.29 bits per heavy atom. The summed E-state index contributed by atoms with van der Waals surface area (Å²) in [7, 11) is 1.74. The highest BCUT2D eigenvalue weighted by Gasteiger charge is 2.39. The van der Waals surface area contributed by atoms with Crippen LogP contribution in [0.15, 0.2) is 24.3 Å². The van der Waals surface area contributed by atoms with Gasteiger partial charge in [0.1, 0.15) is 5.75 Å². The first-order valence-corrected chi connectivity index (χ1v) is 8.98. The molecule has 132 valence electrons. The number of hydrogen-bond donors (Lipinski definition) is 0. The summed E-state index contributed by atoms with van der Waals surface area (Å²) in [6, 6.07) is 8.09. The van der Waals surface area contributed by atoms with Crippen LogP contribution in [0.3, 0.4) is 0 Å². The van der Waals surface area contributed by atoms with Crippen LogP contribution in [0.2, 0.25) is 0 Å². The molecule has 0 spiro atoms. The number of nitrogens with zero attached hydrogens (tertiary/aromatic N) is 2. The molecule has 1 aromatic rings. The number of rotatable bonds is 6. The van der Waals surface area contributed by atoms with Gasteiger partial charge in [0.15, 0.2) is 0 Å². The Morgan fingerprint density at radius 3 is 2.79 bits per heavy atom. The van der Waals surface area contributed by atoms with E-state index in [1.54, 1.807) is 7.11 Å². The molecule has 5 nitrogen and oxygen atoms in total. The molecule has 2 saturated heterocycles. The minimum absolute atomic E-state index is 0.0659. The van der Waals surface area contributed by atoms with Crippen molar-refractivity contribution in [2.75, 3.05) is 33.4 Å². The second-order valence-corrected chi connectivity index (χ2v) is 6.65. The zero-order valence-electron chi connectivity index (χ0n) is 14.7. The number of methoxy groups -OCH3 is 1. The number of likely N-dealkylation sites (tertiary alicyclic amines) is 2. The van der Waals surface area contributed by atoms with E-state index in [-0.39, 0.29) is 18.1 Å². The van der Waals surface area contributed by atoms with E-state index in [1.165, 1.54) is 5.56 Å². The smallest absolute Gasteiger partial charge is 0.240 e. The lowest BCUT2D eigenvalue weighted by Crippen LogP contribution is -2.44. The zero-order chi connectivity index (χ0) is 16.9. The highest BCUT2D eigenvalue weighted by Crippen LogP contribution is 2.26. The van der Waals surface area contributed by atoms with Crippen LogP contribution in [0, 0.1) is 0 Å². The van der Waals surface area contributed by atoms with Crippen molar-refractivity contribution in [1.82, 2.24) is 9.80 Å². The van der Waals surface area contributed by atoms with Crippen LogP contribution in [-0.4, -0.2) is 61.2 Å². The quantitative estimate of drug-likeness (QED) is 0.802. The number of benzene rings is 1. The van der Waals surface area contributed by atoms with Gasteiger partial charge in [-0.15, -0.1) is 0 Å². The molecule has 1 aromatic carbocycles. The van der Waals surface area contributed by atoms with Crippen LogP contribution in [0.4, 0.5) is 0 Å². The average molecular weight is 332 g/mol. The summed E-state index contributed by atoms with van der Waals surface area (Å²) in [6.07, 6.45) is 3.18.